The third kappa shape index (κ3) is 6.55. The Balaban J connectivity index is 1.07. The molecule has 2 aliphatic rings. The highest BCUT2D eigenvalue weighted by atomic mass is 32.1. The van der Waals surface area contributed by atoms with Gasteiger partial charge in [-0.1, -0.05) is 6.07 Å². The van der Waals surface area contributed by atoms with E-state index in [9.17, 15) is 9.90 Å². The number of nitrogens with zero attached hydrogens (tertiary/aromatic N) is 4. The van der Waals surface area contributed by atoms with Gasteiger partial charge in [0.05, 0.1) is 11.5 Å². The molecular weight excluding hydrogens is 488 g/mol. The van der Waals surface area contributed by atoms with Crippen molar-refractivity contribution in [1.29, 1.82) is 0 Å². The molecule has 198 valence electrons. The topological polar surface area (TPSA) is 113 Å². The number of aromatic nitrogens is 3. The molecule has 0 saturated carbocycles. The lowest BCUT2D eigenvalue weighted by atomic mass is 10.1. The molecule has 0 spiro atoms. The summed E-state index contributed by atoms with van der Waals surface area (Å²) in [6, 6.07) is 3.63. The van der Waals surface area contributed by atoms with Crippen molar-refractivity contribution < 1.29 is 14.6 Å². The number of hydrogen-bond acceptors (Lipinski definition) is 9. The molecule has 37 heavy (non-hydrogen) atoms. The number of aryl methyl sites for hydroxylation is 3. The molecule has 3 N–H and O–H groups in total. The first-order chi connectivity index (χ1) is 18.1. The molecule has 0 aliphatic carbocycles. The molecule has 0 radical (unpaired) electrons. The average Bonchev–Trinajstić information content (AvgIpc) is 3.29. The molecule has 0 bridgehead atoms. The van der Waals surface area contributed by atoms with Crippen LogP contribution in [0.5, 0.6) is 0 Å². The number of carbonyl (C=O) groups is 1. The van der Waals surface area contributed by atoms with E-state index in [1.54, 1.807) is 0 Å². The van der Waals surface area contributed by atoms with Crippen LogP contribution in [0.4, 0.5) is 11.6 Å². The zero-order valence-electron chi connectivity index (χ0n) is 21.4. The maximum atomic E-state index is 11.9. The van der Waals surface area contributed by atoms with Crippen LogP contribution in [0.2, 0.25) is 0 Å². The Labute approximate surface area is 221 Å². The number of carboxylic acid groups (broad SMARTS) is 1. The van der Waals surface area contributed by atoms with E-state index >= 15 is 0 Å². The molecule has 3 aromatic heterocycles. The Morgan fingerprint density at radius 1 is 1.35 bits per heavy atom. The summed E-state index contributed by atoms with van der Waals surface area (Å²) >= 11 is 1.54. The summed E-state index contributed by atoms with van der Waals surface area (Å²) in [5.41, 5.74) is 3.53. The molecule has 0 unspecified atom stereocenters. The van der Waals surface area contributed by atoms with Crippen LogP contribution in [0.1, 0.15) is 48.9 Å². The van der Waals surface area contributed by atoms with Gasteiger partial charge in [-0.3, -0.25) is 0 Å². The van der Waals surface area contributed by atoms with Crippen molar-refractivity contribution in [2.24, 2.45) is 0 Å². The quantitative estimate of drug-likeness (QED) is 0.341. The van der Waals surface area contributed by atoms with Gasteiger partial charge in [-0.2, -0.15) is 0 Å². The van der Waals surface area contributed by atoms with E-state index in [2.05, 4.69) is 37.6 Å². The smallest absolute Gasteiger partial charge is 0.326 e. The molecular formula is C27H36N6O3S. The van der Waals surface area contributed by atoms with Gasteiger partial charge in [0.1, 0.15) is 28.8 Å². The maximum absolute atomic E-state index is 11.9. The lowest BCUT2D eigenvalue weighted by molar-refractivity contribution is -0.138. The first-order valence-electron chi connectivity index (χ1n) is 13.3. The molecule has 0 aromatic carbocycles. The Hall–Kier alpha value is -2.82. The van der Waals surface area contributed by atoms with Crippen LogP contribution in [0, 0.1) is 6.92 Å². The summed E-state index contributed by atoms with van der Waals surface area (Å²) in [6.45, 7) is 6.40. The number of fused-ring (bicyclic) bond motifs is 2. The second kappa shape index (κ2) is 12.1. The predicted octanol–water partition coefficient (Wildman–Crippen LogP) is 4.12. The Morgan fingerprint density at radius 2 is 2.27 bits per heavy atom. The van der Waals surface area contributed by atoms with Crippen molar-refractivity contribution in [2.45, 2.75) is 64.0 Å². The van der Waals surface area contributed by atoms with Gasteiger partial charge in [0.2, 0.25) is 0 Å². The van der Waals surface area contributed by atoms with E-state index in [0.717, 1.165) is 85.6 Å². The summed E-state index contributed by atoms with van der Waals surface area (Å²) in [5, 5.41) is 19.2. The number of likely N-dealkylation sites (tertiary alicyclic amines) is 1. The minimum absolute atomic E-state index is 0.138. The fourth-order valence-electron chi connectivity index (χ4n) is 5.25. The van der Waals surface area contributed by atoms with E-state index < -0.39 is 12.0 Å². The largest absolute Gasteiger partial charge is 0.480 e. The second-order valence-electron chi connectivity index (χ2n) is 10.0. The monoisotopic (exact) mass is 524 g/mol. The molecule has 5 heterocycles. The highest BCUT2D eigenvalue weighted by molar-refractivity contribution is 7.17. The molecule has 1 fully saturated rings. The highest BCUT2D eigenvalue weighted by Gasteiger charge is 2.23. The minimum Gasteiger partial charge on any atom is -0.480 e. The molecule has 9 nitrogen and oxygen atoms in total. The molecule has 2 atom stereocenters. The standard InChI is InChI=1S/C27H36N6O3S/c1-18-16-37-26-23(18)25(29-17-30-26)32-22(27(34)35)10-14-36-21-7-4-13-33(15-21)12-3-6-20-9-8-19-5-2-11-28-24(19)31-20/h8-9,16-17,21-22H,2-7,10-15H2,1H3,(H,28,31)(H,34,35)(H,29,30,32)/t21-,22-/m1/s1. The summed E-state index contributed by atoms with van der Waals surface area (Å²) in [7, 11) is 0. The van der Waals surface area contributed by atoms with Crippen LogP contribution in [0.25, 0.3) is 10.2 Å². The number of thiophene rings is 1. The maximum Gasteiger partial charge on any atom is 0.326 e. The number of rotatable bonds is 11. The Bertz CT molecular complexity index is 1220. The first-order valence-corrected chi connectivity index (χ1v) is 14.2. The van der Waals surface area contributed by atoms with Crippen molar-refractivity contribution >= 4 is 39.2 Å². The average molecular weight is 525 g/mol. The number of piperidine rings is 1. The Morgan fingerprint density at radius 3 is 3.16 bits per heavy atom. The number of carboxylic acids is 1. The lowest BCUT2D eigenvalue weighted by Gasteiger charge is -2.32. The van der Waals surface area contributed by atoms with Gasteiger partial charge in [0.15, 0.2) is 0 Å². The molecule has 1 saturated heterocycles. The zero-order chi connectivity index (χ0) is 25.6. The molecule has 10 heteroatoms. The lowest BCUT2D eigenvalue weighted by Crippen LogP contribution is -2.41. The first kappa shape index (κ1) is 25.8. The zero-order valence-corrected chi connectivity index (χ0v) is 22.2. The third-order valence-electron chi connectivity index (χ3n) is 7.24. The highest BCUT2D eigenvalue weighted by Crippen LogP contribution is 2.29. The van der Waals surface area contributed by atoms with Crippen molar-refractivity contribution in [2.75, 3.05) is 43.4 Å². The van der Waals surface area contributed by atoms with Gasteiger partial charge >= 0.3 is 5.97 Å². The van der Waals surface area contributed by atoms with Crippen LogP contribution in [0.15, 0.2) is 23.8 Å². The summed E-state index contributed by atoms with van der Waals surface area (Å²) in [5.74, 6) is 0.739. The fourth-order valence-corrected chi connectivity index (χ4v) is 6.14. The van der Waals surface area contributed by atoms with Crippen LogP contribution in [-0.2, 0) is 22.4 Å². The van der Waals surface area contributed by atoms with E-state index in [4.69, 9.17) is 9.72 Å². The fraction of sp³-hybridized carbons (Fsp3) is 0.556. The van der Waals surface area contributed by atoms with Gasteiger partial charge in [0, 0.05) is 31.8 Å². The van der Waals surface area contributed by atoms with Crippen LogP contribution in [-0.4, -0.2) is 75.9 Å². The van der Waals surface area contributed by atoms with Gasteiger partial charge < -0.3 is 25.4 Å². The van der Waals surface area contributed by atoms with Crippen molar-refractivity contribution in [3.05, 3.63) is 40.7 Å². The molecule has 0 amide bonds. The van der Waals surface area contributed by atoms with Gasteiger partial charge in [-0.05, 0) is 81.1 Å². The van der Waals surface area contributed by atoms with Crippen molar-refractivity contribution in [3.63, 3.8) is 0 Å². The number of ether oxygens (including phenoxy) is 1. The summed E-state index contributed by atoms with van der Waals surface area (Å²) < 4.78 is 6.16. The third-order valence-corrected chi connectivity index (χ3v) is 8.25. The SMILES string of the molecule is Cc1csc2ncnc(N[C@H](CCO[C@@H]3CCCN(CCCc4ccc5c(n4)NCCC5)C3)C(=O)O)c12. The minimum atomic E-state index is -0.903. The van der Waals surface area contributed by atoms with Crippen LogP contribution < -0.4 is 10.6 Å². The van der Waals surface area contributed by atoms with Gasteiger partial charge in [0.25, 0.3) is 0 Å². The predicted molar refractivity (Wildman–Crippen MR) is 147 cm³/mol. The molecule has 5 rings (SSSR count). The van der Waals surface area contributed by atoms with Crippen molar-refractivity contribution in [1.82, 2.24) is 19.9 Å². The normalized spacial score (nSPS) is 18.8. The van der Waals surface area contributed by atoms with Crippen LogP contribution >= 0.6 is 11.3 Å². The number of hydrogen-bond donors (Lipinski definition) is 3. The van der Waals surface area contributed by atoms with E-state index in [-0.39, 0.29) is 6.10 Å². The molecule has 2 aliphatic heterocycles. The van der Waals surface area contributed by atoms with Crippen LogP contribution in [0.3, 0.4) is 0 Å². The van der Waals surface area contributed by atoms with E-state index in [1.165, 1.54) is 29.6 Å². The number of anilines is 2. The number of nitrogens with one attached hydrogen (secondary N) is 2. The number of pyridine rings is 1. The Kier molecular flexibility index (Phi) is 8.48. The number of aliphatic carboxylic acids is 1. The van der Waals surface area contributed by atoms with Crippen molar-refractivity contribution in [3.8, 4) is 0 Å². The van der Waals surface area contributed by atoms with Gasteiger partial charge in [-0.15, -0.1) is 11.3 Å². The van der Waals surface area contributed by atoms with E-state index in [1.807, 2.05) is 12.3 Å². The second-order valence-corrected chi connectivity index (χ2v) is 10.9. The summed E-state index contributed by atoms with van der Waals surface area (Å²) in [6.07, 6.45) is 8.44. The summed E-state index contributed by atoms with van der Waals surface area (Å²) in [4.78, 5) is 28.7. The molecule has 3 aromatic rings. The van der Waals surface area contributed by atoms with Gasteiger partial charge in [-0.25, -0.2) is 19.7 Å². The van der Waals surface area contributed by atoms with E-state index in [0.29, 0.717) is 18.8 Å².